The molecule has 1 aromatic heterocycles. The zero-order valence-electron chi connectivity index (χ0n) is 11.9. The molecule has 3 atom stereocenters. The Morgan fingerprint density at radius 1 is 1.35 bits per heavy atom. The molecule has 6 heteroatoms. The summed E-state index contributed by atoms with van der Waals surface area (Å²) in [7, 11) is -3.54. The summed E-state index contributed by atoms with van der Waals surface area (Å²) in [6.07, 6.45) is 2.31. The number of nitrogens with zero attached hydrogens (tertiary/aromatic N) is 3. The first-order valence-electron chi connectivity index (χ1n) is 6.74. The second kappa shape index (κ2) is 5.51. The van der Waals surface area contributed by atoms with E-state index in [-0.39, 0.29) is 16.6 Å². The Labute approximate surface area is 120 Å². The minimum absolute atomic E-state index is 0.0214. The van der Waals surface area contributed by atoms with E-state index in [2.05, 4.69) is 18.8 Å². The van der Waals surface area contributed by atoms with Crippen molar-refractivity contribution in [1.82, 2.24) is 9.29 Å². The van der Waals surface area contributed by atoms with E-state index in [4.69, 9.17) is 5.26 Å². The number of pyridine rings is 1. The lowest BCUT2D eigenvalue weighted by molar-refractivity contribution is 0.157. The molecule has 0 N–H and O–H groups in total. The summed E-state index contributed by atoms with van der Waals surface area (Å²) in [6.45, 7) is 6.64. The van der Waals surface area contributed by atoms with Crippen molar-refractivity contribution in [3.8, 4) is 6.07 Å². The summed E-state index contributed by atoms with van der Waals surface area (Å²) >= 11 is 0. The summed E-state index contributed by atoms with van der Waals surface area (Å²) in [5.74, 6) is 0.683. The third kappa shape index (κ3) is 2.69. The smallest absolute Gasteiger partial charge is 0.244 e. The molecule has 0 bridgehead atoms. The summed E-state index contributed by atoms with van der Waals surface area (Å²) in [5, 5.41) is 8.72. The SMILES string of the molecule is CC1CC(C)C(C)N(S(=O)(=O)c2ccc(C#N)nc2)C1. The van der Waals surface area contributed by atoms with Gasteiger partial charge in [0.05, 0.1) is 0 Å². The van der Waals surface area contributed by atoms with Gasteiger partial charge in [-0.2, -0.15) is 9.57 Å². The van der Waals surface area contributed by atoms with E-state index in [1.165, 1.54) is 18.3 Å². The van der Waals surface area contributed by atoms with Crippen LogP contribution in [0.25, 0.3) is 0 Å². The first kappa shape index (κ1) is 14.9. The highest BCUT2D eigenvalue weighted by molar-refractivity contribution is 7.89. The highest BCUT2D eigenvalue weighted by atomic mass is 32.2. The second-order valence-electron chi connectivity index (χ2n) is 5.62. The van der Waals surface area contributed by atoms with Crippen molar-refractivity contribution in [3.05, 3.63) is 24.0 Å². The molecular formula is C14H19N3O2S. The third-order valence-electron chi connectivity index (χ3n) is 4.00. The molecule has 1 aromatic rings. The van der Waals surface area contributed by atoms with Crippen molar-refractivity contribution in [2.45, 2.75) is 38.1 Å². The van der Waals surface area contributed by atoms with E-state index in [1.807, 2.05) is 13.0 Å². The lowest BCUT2D eigenvalue weighted by atomic mass is 9.88. The molecule has 20 heavy (non-hydrogen) atoms. The number of hydrogen-bond donors (Lipinski definition) is 0. The Balaban J connectivity index is 2.35. The van der Waals surface area contributed by atoms with Crippen LogP contribution in [0.4, 0.5) is 0 Å². The van der Waals surface area contributed by atoms with Crippen molar-refractivity contribution in [3.63, 3.8) is 0 Å². The minimum Gasteiger partial charge on any atom is -0.244 e. The summed E-state index contributed by atoms with van der Waals surface area (Å²) < 4.78 is 26.9. The van der Waals surface area contributed by atoms with Gasteiger partial charge in [0.25, 0.3) is 0 Å². The molecule has 0 saturated carbocycles. The van der Waals surface area contributed by atoms with Crippen LogP contribution in [-0.4, -0.2) is 30.3 Å². The van der Waals surface area contributed by atoms with Gasteiger partial charge in [-0.3, -0.25) is 0 Å². The zero-order valence-corrected chi connectivity index (χ0v) is 12.8. The normalized spacial score (nSPS) is 28.0. The molecule has 1 saturated heterocycles. The Morgan fingerprint density at radius 2 is 2.05 bits per heavy atom. The van der Waals surface area contributed by atoms with Crippen LogP contribution in [0.2, 0.25) is 0 Å². The fraction of sp³-hybridized carbons (Fsp3) is 0.571. The molecule has 0 radical (unpaired) electrons. The molecule has 1 fully saturated rings. The predicted molar refractivity (Wildman–Crippen MR) is 75.3 cm³/mol. The van der Waals surface area contributed by atoms with Crippen LogP contribution in [0, 0.1) is 23.2 Å². The van der Waals surface area contributed by atoms with Gasteiger partial charge in [0.1, 0.15) is 16.7 Å². The quantitative estimate of drug-likeness (QED) is 0.836. The average molecular weight is 293 g/mol. The maximum absolute atomic E-state index is 12.7. The van der Waals surface area contributed by atoms with E-state index in [1.54, 1.807) is 4.31 Å². The van der Waals surface area contributed by atoms with Gasteiger partial charge in [0.15, 0.2) is 0 Å². The molecule has 0 aromatic carbocycles. The van der Waals surface area contributed by atoms with Crippen LogP contribution in [0.5, 0.6) is 0 Å². The van der Waals surface area contributed by atoms with Crippen molar-refractivity contribution in [2.24, 2.45) is 11.8 Å². The minimum atomic E-state index is -3.54. The van der Waals surface area contributed by atoms with Crippen molar-refractivity contribution < 1.29 is 8.42 Å². The standard InChI is InChI=1S/C14H19N3O2S/c1-10-6-11(2)12(3)17(9-10)20(18,19)14-5-4-13(7-15)16-8-14/h4-5,8,10-12H,6,9H2,1-3H3. The molecule has 1 aliphatic heterocycles. The van der Waals surface area contributed by atoms with Crippen LogP contribution < -0.4 is 0 Å². The first-order chi connectivity index (χ1) is 9.36. The van der Waals surface area contributed by atoms with Crippen LogP contribution in [-0.2, 0) is 10.0 Å². The van der Waals surface area contributed by atoms with Gasteiger partial charge in [0, 0.05) is 18.8 Å². The third-order valence-corrected chi connectivity index (χ3v) is 5.94. The number of nitriles is 1. The van der Waals surface area contributed by atoms with Crippen LogP contribution in [0.3, 0.4) is 0 Å². The largest absolute Gasteiger partial charge is 0.244 e. The second-order valence-corrected chi connectivity index (χ2v) is 7.51. The summed E-state index contributed by atoms with van der Waals surface area (Å²) in [5.41, 5.74) is 0.220. The van der Waals surface area contributed by atoms with Crippen LogP contribution >= 0.6 is 0 Å². The van der Waals surface area contributed by atoms with Gasteiger partial charge in [-0.25, -0.2) is 13.4 Å². The maximum atomic E-state index is 12.7. The van der Waals surface area contributed by atoms with Gasteiger partial charge in [-0.05, 0) is 37.3 Å². The summed E-state index contributed by atoms with van der Waals surface area (Å²) in [6, 6.07) is 4.76. The zero-order chi connectivity index (χ0) is 14.9. The van der Waals surface area contributed by atoms with Crippen molar-refractivity contribution in [1.29, 1.82) is 5.26 Å². The highest BCUT2D eigenvalue weighted by Gasteiger charge is 2.37. The van der Waals surface area contributed by atoms with Gasteiger partial charge in [0.2, 0.25) is 10.0 Å². The number of aromatic nitrogens is 1. The molecule has 0 aliphatic carbocycles. The number of hydrogen-bond acceptors (Lipinski definition) is 4. The molecule has 1 aliphatic rings. The van der Waals surface area contributed by atoms with Crippen molar-refractivity contribution >= 4 is 10.0 Å². The molecular weight excluding hydrogens is 274 g/mol. The van der Waals surface area contributed by atoms with Crippen LogP contribution in [0.1, 0.15) is 32.9 Å². The Bertz CT molecular complexity index is 619. The Hall–Kier alpha value is -1.45. The Kier molecular flexibility index (Phi) is 4.11. The molecule has 0 amide bonds. The monoisotopic (exact) mass is 293 g/mol. The number of rotatable bonds is 2. The fourth-order valence-corrected chi connectivity index (χ4v) is 4.51. The highest BCUT2D eigenvalue weighted by Crippen LogP contribution is 2.31. The molecule has 2 rings (SSSR count). The van der Waals surface area contributed by atoms with Gasteiger partial charge >= 0.3 is 0 Å². The molecule has 2 heterocycles. The average Bonchev–Trinajstić information content (AvgIpc) is 2.42. The molecule has 3 unspecified atom stereocenters. The lowest BCUT2D eigenvalue weighted by Gasteiger charge is -2.39. The van der Waals surface area contributed by atoms with E-state index < -0.39 is 10.0 Å². The Morgan fingerprint density at radius 3 is 2.60 bits per heavy atom. The first-order valence-corrected chi connectivity index (χ1v) is 8.18. The van der Waals surface area contributed by atoms with E-state index in [0.29, 0.717) is 18.4 Å². The van der Waals surface area contributed by atoms with E-state index in [9.17, 15) is 8.42 Å². The van der Waals surface area contributed by atoms with E-state index in [0.717, 1.165) is 6.42 Å². The van der Waals surface area contributed by atoms with Gasteiger partial charge < -0.3 is 0 Å². The number of sulfonamides is 1. The fourth-order valence-electron chi connectivity index (χ4n) is 2.71. The molecule has 108 valence electrons. The van der Waals surface area contributed by atoms with Gasteiger partial charge in [-0.1, -0.05) is 13.8 Å². The topological polar surface area (TPSA) is 74.1 Å². The maximum Gasteiger partial charge on any atom is 0.244 e. The van der Waals surface area contributed by atoms with Crippen molar-refractivity contribution in [2.75, 3.05) is 6.54 Å². The van der Waals surface area contributed by atoms with Gasteiger partial charge in [-0.15, -0.1) is 0 Å². The number of piperidine rings is 1. The van der Waals surface area contributed by atoms with E-state index >= 15 is 0 Å². The van der Waals surface area contributed by atoms with Crippen LogP contribution in [0.15, 0.2) is 23.2 Å². The molecule has 5 nitrogen and oxygen atoms in total. The summed E-state index contributed by atoms with van der Waals surface area (Å²) in [4.78, 5) is 4.01. The predicted octanol–water partition coefficient (Wildman–Crippen LogP) is 2.01. The lowest BCUT2D eigenvalue weighted by Crippen LogP contribution is -2.48. The molecule has 0 spiro atoms.